The second-order valence-electron chi connectivity index (χ2n) is 7.49. The van der Waals surface area contributed by atoms with E-state index in [0.717, 1.165) is 25.2 Å². The molecule has 0 aromatic heterocycles. The summed E-state index contributed by atoms with van der Waals surface area (Å²) >= 11 is 0. The first-order chi connectivity index (χ1) is 10.6. The zero-order valence-electron chi connectivity index (χ0n) is 14.8. The topological polar surface area (TPSA) is 52.6 Å². The molecule has 0 spiro atoms. The van der Waals surface area contributed by atoms with Crippen LogP contribution in [0.15, 0.2) is 29.2 Å². The van der Waals surface area contributed by atoms with Gasteiger partial charge in [0.2, 0.25) is 10.0 Å². The van der Waals surface area contributed by atoms with Crippen molar-refractivity contribution in [2.24, 2.45) is 0 Å². The van der Waals surface area contributed by atoms with E-state index in [-0.39, 0.29) is 11.5 Å². The molecule has 0 saturated carbocycles. The van der Waals surface area contributed by atoms with Gasteiger partial charge in [0.25, 0.3) is 0 Å². The largest absolute Gasteiger partial charge is 0.303 e. The molecule has 0 radical (unpaired) electrons. The summed E-state index contributed by atoms with van der Waals surface area (Å²) in [5, 5.41) is 0. The van der Waals surface area contributed by atoms with Crippen LogP contribution in [0, 0.1) is 0 Å². The number of rotatable bonds is 4. The number of hydrogen-bond donors (Lipinski definition) is 1. The average Bonchev–Trinajstić information content (AvgIpc) is 2.47. The first-order valence-corrected chi connectivity index (χ1v) is 9.57. The molecule has 1 saturated heterocycles. The molecule has 23 heavy (non-hydrogen) atoms. The van der Waals surface area contributed by atoms with Crippen LogP contribution in [0.1, 0.15) is 26.3 Å². The molecule has 1 aromatic carbocycles. The maximum atomic E-state index is 12.8. The first-order valence-electron chi connectivity index (χ1n) is 8.09. The van der Waals surface area contributed by atoms with Gasteiger partial charge in [-0.2, -0.15) is 0 Å². The molecule has 0 amide bonds. The smallest absolute Gasteiger partial charge is 0.240 e. The van der Waals surface area contributed by atoms with E-state index >= 15 is 0 Å². The maximum absolute atomic E-state index is 12.8. The summed E-state index contributed by atoms with van der Waals surface area (Å²) in [6.45, 7) is 9.39. The monoisotopic (exact) mass is 339 g/mol. The third-order valence-corrected chi connectivity index (χ3v) is 5.96. The lowest BCUT2D eigenvalue weighted by atomic mass is 9.87. The molecular weight excluding hydrogens is 310 g/mol. The van der Waals surface area contributed by atoms with Crippen molar-refractivity contribution < 1.29 is 8.42 Å². The molecular formula is C17H29N3O2S. The number of benzene rings is 1. The van der Waals surface area contributed by atoms with Gasteiger partial charge in [0.1, 0.15) is 0 Å². The maximum Gasteiger partial charge on any atom is 0.240 e. The minimum absolute atomic E-state index is 0.199. The summed E-state index contributed by atoms with van der Waals surface area (Å²) in [6.07, 6.45) is 0. The van der Waals surface area contributed by atoms with Crippen molar-refractivity contribution in [3.8, 4) is 0 Å². The number of nitrogens with zero attached hydrogens (tertiary/aromatic N) is 2. The van der Waals surface area contributed by atoms with Crippen LogP contribution in [-0.2, 0) is 15.4 Å². The Morgan fingerprint density at radius 2 is 1.83 bits per heavy atom. The normalized spacial score (nSPS) is 21.5. The van der Waals surface area contributed by atoms with Crippen LogP contribution < -0.4 is 4.72 Å². The molecule has 2 rings (SSSR count). The SMILES string of the molecule is CN1CCN(C)[C@@H](CNS(=O)(=O)c2ccccc2C(C)(C)C)C1. The molecule has 5 nitrogen and oxygen atoms in total. The summed E-state index contributed by atoms with van der Waals surface area (Å²) < 4.78 is 28.4. The van der Waals surface area contributed by atoms with Gasteiger partial charge in [-0.25, -0.2) is 13.1 Å². The van der Waals surface area contributed by atoms with E-state index in [4.69, 9.17) is 0 Å². The van der Waals surface area contributed by atoms with Crippen molar-refractivity contribution in [3.05, 3.63) is 29.8 Å². The van der Waals surface area contributed by atoms with E-state index in [1.807, 2.05) is 32.9 Å². The fourth-order valence-corrected chi connectivity index (χ4v) is 4.41. The zero-order chi connectivity index (χ0) is 17.3. The minimum Gasteiger partial charge on any atom is -0.303 e. The molecule has 0 bridgehead atoms. The Hall–Kier alpha value is -0.950. The Balaban J connectivity index is 2.17. The van der Waals surface area contributed by atoms with Crippen molar-refractivity contribution in [3.63, 3.8) is 0 Å². The Labute approximate surface area is 140 Å². The van der Waals surface area contributed by atoms with Gasteiger partial charge in [-0.3, -0.25) is 4.90 Å². The number of sulfonamides is 1. The van der Waals surface area contributed by atoms with Crippen molar-refractivity contribution in [1.82, 2.24) is 14.5 Å². The second kappa shape index (κ2) is 6.89. The lowest BCUT2D eigenvalue weighted by Gasteiger charge is -2.37. The molecule has 130 valence electrons. The van der Waals surface area contributed by atoms with E-state index in [9.17, 15) is 8.42 Å². The summed E-state index contributed by atoms with van der Waals surface area (Å²) in [5.74, 6) is 0. The fourth-order valence-electron chi connectivity index (χ4n) is 2.93. The third-order valence-electron chi connectivity index (χ3n) is 4.47. The van der Waals surface area contributed by atoms with Crippen LogP contribution in [0.5, 0.6) is 0 Å². The van der Waals surface area contributed by atoms with E-state index in [2.05, 4.69) is 28.6 Å². The highest BCUT2D eigenvalue weighted by atomic mass is 32.2. The van der Waals surface area contributed by atoms with Gasteiger partial charge >= 0.3 is 0 Å². The standard InChI is InChI=1S/C17H29N3O2S/c1-17(2,3)15-8-6-7-9-16(15)23(21,22)18-12-14-13-19(4)10-11-20(14)5/h6-9,14,18H,10-13H2,1-5H3/t14-/m0/s1. The van der Waals surface area contributed by atoms with E-state index < -0.39 is 10.0 Å². The quantitative estimate of drug-likeness (QED) is 0.903. The Bertz CT molecular complexity index is 637. The minimum atomic E-state index is -3.51. The Kier molecular flexibility index (Phi) is 5.51. The second-order valence-corrected chi connectivity index (χ2v) is 9.23. The lowest BCUT2D eigenvalue weighted by Crippen LogP contribution is -2.54. The predicted molar refractivity (Wildman–Crippen MR) is 94.2 cm³/mol. The number of hydrogen-bond acceptors (Lipinski definition) is 4. The Morgan fingerprint density at radius 3 is 2.48 bits per heavy atom. The molecule has 1 fully saturated rings. The molecule has 0 unspecified atom stereocenters. The van der Waals surface area contributed by atoms with E-state index in [1.165, 1.54) is 0 Å². The van der Waals surface area contributed by atoms with Gasteiger partial charge in [-0.1, -0.05) is 39.0 Å². The van der Waals surface area contributed by atoms with Crippen LogP contribution in [0.2, 0.25) is 0 Å². The van der Waals surface area contributed by atoms with Crippen molar-refractivity contribution in [2.45, 2.75) is 37.1 Å². The van der Waals surface area contributed by atoms with Crippen LogP contribution in [-0.4, -0.2) is 64.5 Å². The summed E-state index contributed by atoms with van der Waals surface area (Å²) in [4.78, 5) is 4.85. The van der Waals surface area contributed by atoms with E-state index in [0.29, 0.717) is 11.4 Å². The van der Waals surface area contributed by atoms with Crippen molar-refractivity contribution in [2.75, 3.05) is 40.3 Å². The van der Waals surface area contributed by atoms with Gasteiger partial charge in [0.15, 0.2) is 0 Å². The molecule has 0 aliphatic carbocycles. The lowest BCUT2D eigenvalue weighted by molar-refractivity contribution is 0.117. The predicted octanol–water partition coefficient (Wildman–Crippen LogP) is 1.51. The van der Waals surface area contributed by atoms with Gasteiger partial charge in [-0.15, -0.1) is 0 Å². The number of nitrogens with one attached hydrogen (secondary N) is 1. The van der Waals surface area contributed by atoms with Gasteiger partial charge < -0.3 is 4.90 Å². The summed E-state index contributed by atoms with van der Waals surface area (Å²) in [5.41, 5.74) is 0.634. The highest BCUT2D eigenvalue weighted by molar-refractivity contribution is 7.89. The first kappa shape index (κ1) is 18.4. The van der Waals surface area contributed by atoms with Crippen LogP contribution >= 0.6 is 0 Å². The number of piperazine rings is 1. The zero-order valence-corrected chi connectivity index (χ0v) is 15.7. The van der Waals surface area contributed by atoms with E-state index in [1.54, 1.807) is 12.1 Å². The van der Waals surface area contributed by atoms with Gasteiger partial charge in [0, 0.05) is 32.2 Å². The van der Waals surface area contributed by atoms with Crippen LogP contribution in [0.3, 0.4) is 0 Å². The molecule has 1 aromatic rings. The Morgan fingerprint density at radius 1 is 1.17 bits per heavy atom. The molecule has 1 aliphatic heterocycles. The summed E-state index contributed by atoms with van der Waals surface area (Å²) in [7, 11) is 0.614. The number of likely N-dealkylation sites (N-methyl/N-ethyl adjacent to an activating group) is 2. The van der Waals surface area contributed by atoms with Crippen molar-refractivity contribution in [1.29, 1.82) is 0 Å². The average molecular weight is 340 g/mol. The molecule has 1 atom stereocenters. The van der Waals surface area contributed by atoms with Gasteiger partial charge in [-0.05, 0) is 31.1 Å². The van der Waals surface area contributed by atoms with Crippen LogP contribution in [0.4, 0.5) is 0 Å². The molecule has 6 heteroatoms. The fraction of sp³-hybridized carbons (Fsp3) is 0.647. The third kappa shape index (κ3) is 4.53. The molecule has 1 aliphatic rings. The molecule has 1 heterocycles. The van der Waals surface area contributed by atoms with Gasteiger partial charge in [0.05, 0.1) is 4.90 Å². The molecule has 1 N–H and O–H groups in total. The van der Waals surface area contributed by atoms with Crippen LogP contribution in [0.25, 0.3) is 0 Å². The van der Waals surface area contributed by atoms with Crippen molar-refractivity contribution >= 4 is 10.0 Å². The summed E-state index contributed by atoms with van der Waals surface area (Å²) in [6, 6.07) is 7.47. The highest BCUT2D eigenvalue weighted by Gasteiger charge is 2.28. The highest BCUT2D eigenvalue weighted by Crippen LogP contribution is 2.28.